The summed E-state index contributed by atoms with van der Waals surface area (Å²) >= 11 is 0. The number of hydrogen-bond acceptors (Lipinski definition) is 4. The molecule has 1 aromatic rings. The lowest BCUT2D eigenvalue weighted by Gasteiger charge is -2.12. The number of rotatable bonds is 4. The molecule has 0 saturated carbocycles. The molecule has 1 aromatic carbocycles. The van der Waals surface area contributed by atoms with Gasteiger partial charge in [-0.25, -0.2) is 13.6 Å². The molecule has 0 radical (unpaired) electrons. The van der Waals surface area contributed by atoms with Gasteiger partial charge in [0.2, 0.25) is 0 Å². The van der Waals surface area contributed by atoms with Crippen LogP contribution >= 0.6 is 0 Å². The number of nitriles is 1. The molecule has 0 amide bonds. The average Bonchev–Trinajstić information content (AvgIpc) is 2.35. The number of ether oxygens (including phenoxy) is 2. The molecular weight excluding hydrogens is 270 g/mol. The standard InChI is InChI=1S/C11H7F4NO3/c1-18-10(17)6-2-5(9(12)13)3-8(7(6)4-16)19-11(14)15/h2-3,9,11H,1H3. The molecule has 0 aliphatic heterocycles. The Morgan fingerprint density at radius 1 is 1.32 bits per heavy atom. The smallest absolute Gasteiger partial charge is 0.387 e. The third-order valence-electron chi connectivity index (χ3n) is 2.11. The molecule has 8 heteroatoms. The van der Waals surface area contributed by atoms with Crippen molar-refractivity contribution < 1.29 is 31.8 Å². The van der Waals surface area contributed by atoms with Gasteiger partial charge in [-0.15, -0.1) is 0 Å². The van der Waals surface area contributed by atoms with E-state index < -0.39 is 41.4 Å². The van der Waals surface area contributed by atoms with Crippen LogP contribution in [0.3, 0.4) is 0 Å². The maximum atomic E-state index is 12.6. The minimum absolute atomic E-state index is 0.557. The highest BCUT2D eigenvalue weighted by atomic mass is 19.3. The summed E-state index contributed by atoms with van der Waals surface area (Å²) in [6, 6.07) is 2.73. The quantitative estimate of drug-likeness (QED) is 0.627. The summed E-state index contributed by atoms with van der Waals surface area (Å²) in [5.74, 6) is -1.89. The summed E-state index contributed by atoms with van der Waals surface area (Å²) in [4.78, 5) is 11.3. The fraction of sp³-hybridized carbons (Fsp3) is 0.273. The molecule has 0 saturated heterocycles. The first-order valence-corrected chi connectivity index (χ1v) is 4.80. The molecule has 0 bridgehead atoms. The van der Waals surface area contributed by atoms with Crippen molar-refractivity contribution >= 4 is 5.97 Å². The van der Waals surface area contributed by atoms with Gasteiger partial charge in [-0.3, -0.25) is 0 Å². The van der Waals surface area contributed by atoms with Crippen LogP contribution in [0.4, 0.5) is 17.6 Å². The maximum Gasteiger partial charge on any atom is 0.387 e. The number of alkyl halides is 4. The lowest BCUT2D eigenvalue weighted by atomic mass is 10.0. The summed E-state index contributed by atoms with van der Waals surface area (Å²) in [6.45, 7) is -3.31. The summed E-state index contributed by atoms with van der Waals surface area (Å²) in [7, 11) is 0.964. The number of benzene rings is 1. The van der Waals surface area contributed by atoms with E-state index in [1.165, 1.54) is 6.07 Å². The van der Waals surface area contributed by atoms with Crippen molar-refractivity contribution in [2.45, 2.75) is 13.0 Å². The van der Waals surface area contributed by atoms with Gasteiger partial charge in [0.15, 0.2) is 0 Å². The molecule has 0 fully saturated rings. The van der Waals surface area contributed by atoms with Gasteiger partial charge in [-0.05, 0) is 12.1 Å². The van der Waals surface area contributed by atoms with Crippen molar-refractivity contribution in [3.63, 3.8) is 0 Å². The zero-order chi connectivity index (χ0) is 14.6. The van der Waals surface area contributed by atoms with Crippen LogP contribution in [0, 0.1) is 11.3 Å². The Balaban J connectivity index is 3.47. The van der Waals surface area contributed by atoms with Crippen LogP contribution < -0.4 is 4.74 Å². The molecule has 0 aromatic heterocycles. The lowest BCUT2D eigenvalue weighted by Crippen LogP contribution is -2.10. The predicted octanol–water partition coefficient (Wildman–Crippen LogP) is 2.88. The molecule has 0 aliphatic rings. The summed E-state index contributed by atoms with van der Waals surface area (Å²) in [5.41, 5.74) is -1.87. The van der Waals surface area contributed by atoms with E-state index in [4.69, 9.17) is 5.26 Å². The Kier molecular flexibility index (Phi) is 4.69. The lowest BCUT2D eigenvalue weighted by molar-refractivity contribution is -0.0503. The third-order valence-corrected chi connectivity index (χ3v) is 2.11. The van der Waals surface area contributed by atoms with Crippen molar-refractivity contribution in [3.8, 4) is 11.8 Å². The highest BCUT2D eigenvalue weighted by Gasteiger charge is 2.23. The molecular formula is C11H7F4NO3. The second-order valence-corrected chi connectivity index (χ2v) is 3.22. The first kappa shape index (κ1) is 14.8. The summed E-state index contributed by atoms with van der Waals surface area (Å²) < 4.78 is 57.7. The van der Waals surface area contributed by atoms with Crippen molar-refractivity contribution in [1.29, 1.82) is 5.26 Å². The van der Waals surface area contributed by atoms with Crippen molar-refractivity contribution in [2.75, 3.05) is 7.11 Å². The molecule has 0 N–H and O–H groups in total. The number of esters is 1. The highest BCUT2D eigenvalue weighted by molar-refractivity contribution is 5.93. The summed E-state index contributed by atoms with van der Waals surface area (Å²) in [5, 5.41) is 8.82. The number of carbonyl (C=O) groups is 1. The zero-order valence-electron chi connectivity index (χ0n) is 9.49. The van der Waals surface area contributed by atoms with E-state index in [1.807, 2.05) is 0 Å². The Morgan fingerprint density at radius 2 is 1.95 bits per heavy atom. The van der Waals surface area contributed by atoms with Gasteiger partial charge in [-0.1, -0.05) is 0 Å². The minimum Gasteiger partial charge on any atom is -0.465 e. The van der Waals surface area contributed by atoms with Crippen LogP contribution in [-0.4, -0.2) is 19.7 Å². The van der Waals surface area contributed by atoms with Gasteiger partial charge in [0.05, 0.1) is 12.7 Å². The topological polar surface area (TPSA) is 59.3 Å². The van der Waals surface area contributed by atoms with Crippen LogP contribution in [0.5, 0.6) is 5.75 Å². The molecule has 102 valence electrons. The molecule has 4 nitrogen and oxygen atoms in total. The number of hydrogen-bond donors (Lipinski definition) is 0. The molecule has 0 heterocycles. The molecule has 19 heavy (non-hydrogen) atoms. The Morgan fingerprint density at radius 3 is 2.37 bits per heavy atom. The Bertz CT molecular complexity index is 525. The summed E-state index contributed by atoms with van der Waals surface area (Å²) in [6.07, 6.45) is -3.02. The number of halogens is 4. The van der Waals surface area contributed by atoms with Crippen LogP contribution in [-0.2, 0) is 4.74 Å². The van der Waals surface area contributed by atoms with Crippen LogP contribution in [0.25, 0.3) is 0 Å². The normalized spacial score (nSPS) is 10.4. The van der Waals surface area contributed by atoms with Gasteiger partial charge in [0, 0.05) is 5.56 Å². The van der Waals surface area contributed by atoms with E-state index in [9.17, 15) is 22.4 Å². The Hall–Kier alpha value is -2.30. The maximum absolute atomic E-state index is 12.6. The number of carbonyl (C=O) groups excluding carboxylic acids is 1. The van der Waals surface area contributed by atoms with Gasteiger partial charge in [-0.2, -0.15) is 14.0 Å². The molecule has 1 rings (SSSR count). The second-order valence-electron chi connectivity index (χ2n) is 3.22. The van der Waals surface area contributed by atoms with Gasteiger partial charge >= 0.3 is 12.6 Å². The molecule has 0 spiro atoms. The number of methoxy groups -OCH3 is 1. The van der Waals surface area contributed by atoms with Crippen LogP contribution in [0.1, 0.15) is 27.9 Å². The first-order chi connectivity index (χ1) is 8.90. The number of nitrogens with zero attached hydrogens (tertiary/aromatic N) is 1. The van der Waals surface area contributed by atoms with Gasteiger partial charge in [0.1, 0.15) is 17.4 Å². The SMILES string of the molecule is COC(=O)c1cc(C(F)F)cc(OC(F)F)c1C#N. The van der Waals surface area contributed by atoms with E-state index in [0.29, 0.717) is 12.1 Å². The highest BCUT2D eigenvalue weighted by Crippen LogP contribution is 2.31. The van der Waals surface area contributed by atoms with Crippen LogP contribution in [0.15, 0.2) is 12.1 Å². The first-order valence-electron chi connectivity index (χ1n) is 4.80. The van der Waals surface area contributed by atoms with Crippen molar-refractivity contribution in [1.82, 2.24) is 0 Å². The largest absolute Gasteiger partial charge is 0.465 e. The molecule has 0 aliphatic carbocycles. The van der Waals surface area contributed by atoms with E-state index in [2.05, 4.69) is 9.47 Å². The second kappa shape index (κ2) is 6.04. The van der Waals surface area contributed by atoms with Gasteiger partial charge < -0.3 is 9.47 Å². The minimum atomic E-state index is -3.31. The fourth-order valence-corrected chi connectivity index (χ4v) is 1.34. The predicted molar refractivity (Wildman–Crippen MR) is 54.1 cm³/mol. The van der Waals surface area contributed by atoms with Gasteiger partial charge in [0.25, 0.3) is 6.43 Å². The third kappa shape index (κ3) is 3.34. The fourth-order valence-electron chi connectivity index (χ4n) is 1.34. The Labute approximate surface area is 105 Å². The molecule has 0 atom stereocenters. The van der Waals surface area contributed by atoms with E-state index in [0.717, 1.165) is 7.11 Å². The van der Waals surface area contributed by atoms with Crippen molar-refractivity contribution in [2.24, 2.45) is 0 Å². The zero-order valence-corrected chi connectivity index (χ0v) is 9.49. The van der Waals surface area contributed by atoms with Crippen molar-refractivity contribution in [3.05, 3.63) is 28.8 Å². The van der Waals surface area contributed by atoms with Crippen LogP contribution in [0.2, 0.25) is 0 Å². The average molecular weight is 277 g/mol. The van der Waals surface area contributed by atoms with E-state index >= 15 is 0 Å². The molecule has 0 unspecified atom stereocenters. The van der Waals surface area contributed by atoms with E-state index in [-0.39, 0.29) is 0 Å². The van der Waals surface area contributed by atoms with E-state index in [1.54, 1.807) is 0 Å². The monoisotopic (exact) mass is 277 g/mol.